The largest absolute Gasteiger partial charge is 0.393 e. The van der Waals surface area contributed by atoms with Gasteiger partial charge in [-0.25, -0.2) is 0 Å². The number of aliphatic hydroxyl groups is 1. The molecule has 220 valence electrons. The lowest BCUT2D eigenvalue weighted by atomic mass is 9.43. The molecular weight excluding hydrogens is 530 g/mol. The van der Waals surface area contributed by atoms with Crippen molar-refractivity contribution in [2.75, 3.05) is 18.6 Å². The van der Waals surface area contributed by atoms with Crippen molar-refractivity contribution in [1.82, 2.24) is 5.32 Å². The molecule has 0 aromatic rings. The Morgan fingerprint density at radius 2 is 1.68 bits per heavy atom. The molecule has 1 amide bonds. The second-order valence-corrected chi connectivity index (χ2v) is 16.5. The van der Waals surface area contributed by atoms with Gasteiger partial charge in [0.15, 0.2) is 0 Å². The maximum atomic E-state index is 12.3. The Labute approximate surface area is 228 Å². The lowest BCUT2D eigenvalue weighted by Gasteiger charge is -2.62. The van der Waals surface area contributed by atoms with Crippen LogP contribution in [0.5, 0.6) is 0 Å². The average molecular weight is 578 g/mol. The highest BCUT2D eigenvalue weighted by molar-refractivity contribution is 7.86. The second kappa shape index (κ2) is 10.9. The van der Waals surface area contributed by atoms with Crippen LogP contribution in [-0.4, -0.2) is 63.2 Å². The van der Waals surface area contributed by atoms with Crippen LogP contribution in [0.3, 0.4) is 0 Å². The fraction of sp³-hybridized carbons (Fsp3) is 0.963. The van der Waals surface area contributed by atoms with Crippen molar-refractivity contribution >= 4 is 26.1 Å². The zero-order valence-electron chi connectivity index (χ0n) is 23.3. The van der Waals surface area contributed by atoms with E-state index in [9.17, 15) is 26.7 Å². The molecule has 4 saturated carbocycles. The van der Waals surface area contributed by atoms with Gasteiger partial charge in [0.2, 0.25) is 5.91 Å². The summed E-state index contributed by atoms with van der Waals surface area (Å²) in [6, 6.07) is 0. The van der Waals surface area contributed by atoms with Gasteiger partial charge in [-0.3, -0.25) is 13.5 Å². The summed E-state index contributed by atoms with van der Waals surface area (Å²) in [5.41, 5.74) is 0.130. The summed E-state index contributed by atoms with van der Waals surface area (Å²) in [6.07, 6.45) is 8.82. The molecule has 9 nitrogen and oxygen atoms in total. The molecule has 4 aliphatic carbocycles. The highest BCUT2D eigenvalue weighted by Gasteiger charge is 2.63. The predicted octanol–water partition coefficient (Wildman–Crippen LogP) is 3.38. The van der Waals surface area contributed by atoms with Crippen LogP contribution in [-0.2, 0) is 29.2 Å². The van der Waals surface area contributed by atoms with E-state index in [2.05, 4.69) is 26.1 Å². The van der Waals surface area contributed by atoms with E-state index in [-0.39, 0.29) is 47.3 Å². The smallest absolute Gasteiger partial charge is 0.266 e. The second-order valence-electron chi connectivity index (χ2n) is 13.4. The Morgan fingerprint density at radius 3 is 2.34 bits per heavy atom. The van der Waals surface area contributed by atoms with E-state index in [4.69, 9.17) is 8.74 Å². The lowest BCUT2D eigenvalue weighted by Crippen LogP contribution is -2.59. The molecule has 0 aliphatic heterocycles. The molecule has 4 aliphatic rings. The van der Waals surface area contributed by atoms with Gasteiger partial charge in [-0.2, -0.15) is 16.8 Å². The summed E-state index contributed by atoms with van der Waals surface area (Å²) in [5.74, 6) is 1.16. The first-order valence-corrected chi connectivity index (χ1v) is 17.7. The number of amides is 1. The minimum Gasteiger partial charge on any atom is -0.393 e. The van der Waals surface area contributed by atoms with Crippen molar-refractivity contribution < 1.29 is 35.5 Å². The molecule has 1 unspecified atom stereocenters. The third kappa shape index (κ3) is 6.26. The normalized spacial score (nSPS) is 42.0. The zero-order valence-corrected chi connectivity index (χ0v) is 24.9. The van der Waals surface area contributed by atoms with Crippen LogP contribution in [0.4, 0.5) is 0 Å². The fourth-order valence-corrected chi connectivity index (χ4v) is 10.5. The average Bonchev–Trinajstić information content (AvgIpc) is 3.14. The standard InChI is InChI=1S/C27H47NO8S2/c1-17(5-8-24(30)28-13-14-38(33,34)35)20-6-7-21-25-22(10-12-27(20,21)3)26(2)11-9-19(29)15-18(26)16-23(25)36-37(4,31)32/h17-23,25,29H,5-16H2,1-4H3,(H,28,30)(H,33,34,35)/t17-,18?,19-,20-,21+,22+,23+,25+,26+,27-/m1/s1. The van der Waals surface area contributed by atoms with Crippen LogP contribution in [0.2, 0.25) is 0 Å². The summed E-state index contributed by atoms with van der Waals surface area (Å²) in [6.45, 7) is 6.83. The summed E-state index contributed by atoms with van der Waals surface area (Å²) < 4.78 is 61.2. The molecule has 4 rings (SSSR count). The Kier molecular flexibility index (Phi) is 8.68. The summed E-state index contributed by atoms with van der Waals surface area (Å²) in [5, 5.41) is 13.0. The van der Waals surface area contributed by atoms with Crippen molar-refractivity contribution in [2.24, 2.45) is 46.3 Å². The van der Waals surface area contributed by atoms with Gasteiger partial charge in [-0.1, -0.05) is 20.8 Å². The lowest BCUT2D eigenvalue weighted by molar-refractivity contribution is -0.167. The van der Waals surface area contributed by atoms with Gasteiger partial charge in [-0.15, -0.1) is 0 Å². The quantitative estimate of drug-likeness (QED) is 0.279. The van der Waals surface area contributed by atoms with E-state index in [1.54, 1.807) is 0 Å². The molecule has 0 spiro atoms. The molecule has 38 heavy (non-hydrogen) atoms. The Morgan fingerprint density at radius 1 is 1.03 bits per heavy atom. The van der Waals surface area contributed by atoms with E-state index < -0.39 is 26.0 Å². The fourth-order valence-electron chi connectivity index (χ4n) is 9.44. The maximum absolute atomic E-state index is 12.3. The Hall–Kier alpha value is -0.750. The minimum atomic E-state index is -4.10. The highest BCUT2D eigenvalue weighted by Crippen LogP contribution is 2.68. The van der Waals surface area contributed by atoms with E-state index in [0.717, 1.165) is 51.2 Å². The van der Waals surface area contributed by atoms with E-state index in [0.29, 0.717) is 42.9 Å². The van der Waals surface area contributed by atoms with E-state index in [1.165, 1.54) is 0 Å². The van der Waals surface area contributed by atoms with Crippen LogP contribution >= 0.6 is 0 Å². The highest BCUT2D eigenvalue weighted by atomic mass is 32.2. The van der Waals surface area contributed by atoms with Crippen molar-refractivity contribution in [3.63, 3.8) is 0 Å². The molecule has 0 bridgehead atoms. The molecule has 0 aromatic heterocycles. The van der Waals surface area contributed by atoms with Gasteiger partial charge in [0, 0.05) is 13.0 Å². The summed E-state index contributed by atoms with van der Waals surface area (Å²) in [4.78, 5) is 12.3. The molecule has 0 radical (unpaired) electrons. The third-order valence-electron chi connectivity index (χ3n) is 11.2. The molecule has 0 heterocycles. The molecular formula is C27H47NO8S2. The molecule has 4 fully saturated rings. The summed E-state index contributed by atoms with van der Waals surface area (Å²) in [7, 11) is -7.72. The Bertz CT molecular complexity index is 1090. The number of aliphatic hydroxyl groups excluding tert-OH is 1. The first-order valence-electron chi connectivity index (χ1n) is 14.3. The van der Waals surface area contributed by atoms with Crippen molar-refractivity contribution in [2.45, 2.75) is 97.2 Å². The number of nitrogens with one attached hydrogen (secondary N) is 1. The number of fused-ring (bicyclic) bond motifs is 5. The van der Waals surface area contributed by atoms with Crippen molar-refractivity contribution in [3.05, 3.63) is 0 Å². The van der Waals surface area contributed by atoms with Gasteiger partial charge >= 0.3 is 0 Å². The molecule has 10 atom stereocenters. The third-order valence-corrected chi connectivity index (χ3v) is 12.5. The van der Waals surface area contributed by atoms with E-state index >= 15 is 0 Å². The molecule has 0 saturated heterocycles. The van der Waals surface area contributed by atoms with Gasteiger partial charge in [-0.05, 0) is 104 Å². The predicted molar refractivity (Wildman–Crippen MR) is 144 cm³/mol. The first-order chi connectivity index (χ1) is 17.5. The van der Waals surface area contributed by atoms with Crippen LogP contribution < -0.4 is 5.32 Å². The monoisotopic (exact) mass is 577 g/mol. The number of hydrogen-bond donors (Lipinski definition) is 3. The zero-order chi connectivity index (χ0) is 28.1. The molecule has 11 heteroatoms. The Balaban J connectivity index is 1.48. The maximum Gasteiger partial charge on any atom is 0.266 e. The number of carbonyl (C=O) groups excluding carboxylic acids is 1. The topological polar surface area (TPSA) is 147 Å². The van der Waals surface area contributed by atoms with Gasteiger partial charge in [0.05, 0.1) is 24.2 Å². The van der Waals surface area contributed by atoms with Gasteiger partial charge in [0.1, 0.15) is 0 Å². The van der Waals surface area contributed by atoms with Gasteiger partial charge < -0.3 is 10.4 Å². The number of hydrogen-bond acceptors (Lipinski definition) is 7. The van der Waals surface area contributed by atoms with E-state index in [1.807, 2.05) is 0 Å². The van der Waals surface area contributed by atoms with Crippen LogP contribution in [0.1, 0.15) is 85.0 Å². The first kappa shape index (κ1) is 30.2. The SMILES string of the molecule is C[C@H](CCC(=O)NCCS(=O)(=O)O)[C@H]1CC[C@H]2[C@@H]3[C@@H](OS(C)(=O)=O)CC4C[C@H](O)CC[C@]4(C)[C@H]3CC[C@]12C. The van der Waals surface area contributed by atoms with Gasteiger partial charge in [0.25, 0.3) is 20.2 Å². The summed E-state index contributed by atoms with van der Waals surface area (Å²) >= 11 is 0. The van der Waals surface area contributed by atoms with Crippen LogP contribution in [0.25, 0.3) is 0 Å². The minimum absolute atomic E-state index is 0.0402. The number of rotatable bonds is 9. The van der Waals surface area contributed by atoms with Crippen molar-refractivity contribution in [1.29, 1.82) is 0 Å². The number of carbonyl (C=O) groups is 1. The van der Waals surface area contributed by atoms with Crippen LogP contribution in [0, 0.1) is 46.3 Å². The van der Waals surface area contributed by atoms with Crippen molar-refractivity contribution in [3.8, 4) is 0 Å². The molecule has 3 N–H and O–H groups in total. The van der Waals surface area contributed by atoms with Crippen LogP contribution in [0.15, 0.2) is 0 Å². The molecule has 0 aromatic carbocycles.